The lowest BCUT2D eigenvalue weighted by Crippen LogP contribution is -2.57. The van der Waals surface area contributed by atoms with Gasteiger partial charge in [-0.3, -0.25) is 19.2 Å². The molecule has 0 saturated carbocycles. The Labute approximate surface area is 117 Å². The Kier molecular flexibility index (Phi) is 3.43. The lowest BCUT2D eigenvalue weighted by molar-refractivity contribution is -0.140. The van der Waals surface area contributed by atoms with E-state index in [2.05, 4.69) is 5.10 Å². The Hall–Kier alpha value is -1.89. The molecule has 0 N–H and O–H groups in total. The van der Waals surface area contributed by atoms with Gasteiger partial charge in [0, 0.05) is 19.9 Å². The number of anilines is 1. The predicted octanol–water partition coefficient (Wildman–Crippen LogP) is -0.133. The summed E-state index contributed by atoms with van der Waals surface area (Å²) in [5.41, 5.74) is 0.686. The number of aromatic nitrogens is 2. The molecule has 1 atom stereocenters. The van der Waals surface area contributed by atoms with E-state index in [9.17, 15) is 9.59 Å². The molecule has 0 spiro atoms. The second kappa shape index (κ2) is 5.24. The number of methoxy groups -OCH3 is 1. The third kappa shape index (κ3) is 2.18. The predicted molar refractivity (Wildman–Crippen MR) is 71.2 cm³/mol. The molecule has 0 radical (unpaired) electrons. The first-order valence-corrected chi connectivity index (χ1v) is 6.83. The number of piperazine rings is 1. The Balaban J connectivity index is 1.77. The summed E-state index contributed by atoms with van der Waals surface area (Å²) in [6.07, 6.45) is 5.09. The van der Waals surface area contributed by atoms with E-state index >= 15 is 0 Å². The molecule has 20 heavy (non-hydrogen) atoms. The van der Waals surface area contributed by atoms with Crippen LogP contribution in [0.1, 0.15) is 12.8 Å². The average molecular weight is 278 g/mol. The maximum atomic E-state index is 12.4. The Morgan fingerprint density at radius 2 is 2.30 bits per heavy atom. The first kappa shape index (κ1) is 13.1. The van der Waals surface area contributed by atoms with Crippen LogP contribution in [0, 0.1) is 0 Å². The smallest absolute Gasteiger partial charge is 0.250 e. The Morgan fingerprint density at radius 3 is 3.10 bits per heavy atom. The number of nitrogens with zero attached hydrogens (tertiary/aromatic N) is 4. The molecule has 2 saturated heterocycles. The normalized spacial score (nSPS) is 22.6. The fraction of sp³-hybridized carbons (Fsp3) is 0.615. The van der Waals surface area contributed by atoms with Crippen LogP contribution in [-0.2, 0) is 20.9 Å². The second-order valence-corrected chi connectivity index (χ2v) is 5.12. The standard InChI is InChI=1S/C13H18N4O3/c1-20-6-5-15-8-10(7-14-15)17-9-12(18)16-4-2-3-11(16)13(17)19/h7-8,11H,2-6,9H2,1H3. The molecule has 108 valence electrons. The number of hydrogen-bond acceptors (Lipinski definition) is 4. The molecule has 7 nitrogen and oxygen atoms in total. The van der Waals surface area contributed by atoms with E-state index < -0.39 is 0 Å². The van der Waals surface area contributed by atoms with Crippen molar-refractivity contribution in [3.05, 3.63) is 12.4 Å². The van der Waals surface area contributed by atoms with Gasteiger partial charge in [0.05, 0.1) is 25.0 Å². The van der Waals surface area contributed by atoms with E-state index in [1.807, 2.05) is 0 Å². The van der Waals surface area contributed by atoms with Gasteiger partial charge < -0.3 is 9.64 Å². The Morgan fingerprint density at radius 1 is 1.45 bits per heavy atom. The molecule has 0 aromatic carbocycles. The van der Waals surface area contributed by atoms with E-state index in [0.717, 1.165) is 12.8 Å². The van der Waals surface area contributed by atoms with E-state index in [1.165, 1.54) is 0 Å². The molecule has 2 aliphatic rings. The van der Waals surface area contributed by atoms with E-state index in [0.29, 0.717) is 25.4 Å². The lowest BCUT2D eigenvalue weighted by Gasteiger charge is -2.35. The van der Waals surface area contributed by atoms with Crippen LogP contribution in [0.2, 0.25) is 0 Å². The van der Waals surface area contributed by atoms with Crippen LogP contribution in [0.4, 0.5) is 5.69 Å². The molecule has 1 aromatic rings. The third-order valence-electron chi connectivity index (χ3n) is 3.87. The molecular formula is C13H18N4O3. The first-order valence-electron chi connectivity index (χ1n) is 6.83. The van der Waals surface area contributed by atoms with Crippen molar-refractivity contribution in [2.24, 2.45) is 0 Å². The lowest BCUT2D eigenvalue weighted by atomic mass is 10.1. The molecule has 2 fully saturated rings. The van der Waals surface area contributed by atoms with Gasteiger partial charge in [-0.1, -0.05) is 0 Å². The number of hydrogen-bond donors (Lipinski definition) is 0. The van der Waals surface area contributed by atoms with E-state index in [1.54, 1.807) is 34.0 Å². The summed E-state index contributed by atoms with van der Waals surface area (Å²) < 4.78 is 6.71. The molecule has 1 unspecified atom stereocenters. The number of amides is 2. The molecule has 0 aliphatic carbocycles. The highest BCUT2D eigenvalue weighted by molar-refractivity contribution is 6.06. The quantitative estimate of drug-likeness (QED) is 0.769. The van der Waals surface area contributed by atoms with Crippen LogP contribution < -0.4 is 4.90 Å². The first-order chi connectivity index (χ1) is 9.70. The zero-order valence-electron chi connectivity index (χ0n) is 11.5. The van der Waals surface area contributed by atoms with Crippen molar-refractivity contribution in [1.29, 1.82) is 0 Å². The van der Waals surface area contributed by atoms with Gasteiger partial charge in [0.25, 0.3) is 0 Å². The third-order valence-corrected chi connectivity index (χ3v) is 3.87. The van der Waals surface area contributed by atoms with Crippen molar-refractivity contribution in [2.45, 2.75) is 25.4 Å². The molecule has 2 aliphatic heterocycles. The highest BCUT2D eigenvalue weighted by Crippen LogP contribution is 2.26. The van der Waals surface area contributed by atoms with Crippen LogP contribution in [0.25, 0.3) is 0 Å². The number of rotatable bonds is 4. The minimum Gasteiger partial charge on any atom is -0.383 e. The zero-order chi connectivity index (χ0) is 14.1. The monoisotopic (exact) mass is 278 g/mol. The minimum atomic E-state index is -0.279. The summed E-state index contributed by atoms with van der Waals surface area (Å²) in [6, 6.07) is -0.279. The van der Waals surface area contributed by atoms with Gasteiger partial charge in [-0.05, 0) is 12.8 Å². The summed E-state index contributed by atoms with van der Waals surface area (Å²) in [5, 5.41) is 4.19. The van der Waals surface area contributed by atoms with Gasteiger partial charge in [0.15, 0.2) is 0 Å². The van der Waals surface area contributed by atoms with Crippen molar-refractivity contribution < 1.29 is 14.3 Å². The summed E-state index contributed by atoms with van der Waals surface area (Å²) in [4.78, 5) is 27.8. The van der Waals surface area contributed by atoms with Crippen LogP contribution in [0.3, 0.4) is 0 Å². The number of carbonyl (C=O) groups is 2. The van der Waals surface area contributed by atoms with Crippen molar-refractivity contribution in [3.63, 3.8) is 0 Å². The number of carbonyl (C=O) groups excluding carboxylic acids is 2. The summed E-state index contributed by atoms with van der Waals surface area (Å²) in [6.45, 7) is 2.01. The molecule has 1 aromatic heterocycles. The molecule has 3 heterocycles. The summed E-state index contributed by atoms with van der Waals surface area (Å²) in [5.74, 6) is 0.0325. The highest BCUT2D eigenvalue weighted by atomic mass is 16.5. The van der Waals surface area contributed by atoms with Crippen LogP contribution in [0.5, 0.6) is 0 Å². The fourth-order valence-electron chi connectivity index (χ4n) is 2.82. The van der Waals surface area contributed by atoms with Crippen LogP contribution in [-0.4, -0.2) is 59.3 Å². The average Bonchev–Trinajstić information content (AvgIpc) is 3.09. The van der Waals surface area contributed by atoms with E-state index in [4.69, 9.17) is 4.74 Å². The minimum absolute atomic E-state index is 0.00777. The number of ether oxygens (including phenoxy) is 1. The maximum Gasteiger partial charge on any atom is 0.250 e. The molecule has 3 rings (SSSR count). The zero-order valence-corrected chi connectivity index (χ0v) is 11.5. The molecule has 0 bridgehead atoms. The van der Waals surface area contributed by atoms with Gasteiger partial charge in [0.1, 0.15) is 12.6 Å². The van der Waals surface area contributed by atoms with Crippen molar-refractivity contribution >= 4 is 17.5 Å². The molecule has 2 amide bonds. The second-order valence-electron chi connectivity index (χ2n) is 5.12. The summed E-state index contributed by atoms with van der Waals surface area (Å²) in [7, 11) is 1.63. The molecule has 7 heteroatoms. The van der Waals surface area contributed by atoms with Gasteiger partial charge in [0.2, 0.25) is 11.8 Å². The van der Waals surface area contributed by atoms with Crippen LogP contribution in [0.15, 0.2) is 12.4 Å². The van der Waals surface area contributed by atoms with E-state index in [-0.39, 0.29) is 24.4 Å². The molecular weight excluding hydrogens is 260 g/mol. The highest BCUT2D eigenvalue weighted by Gasteiger charge is 2.42. The SMILES string of the molecule is COCCn1cc(N2CC(=O)N3CCCC3C2=O)cn1. The topological polar surface area (TPSA) is 67.7 Å². The van der Waals surface area contributed by atoms with Gasteiger partial charge in [-0.25, -0.2) is 0 Å². The van der Waals surface area contributed by atoms with Gasteiger partial charge >= 0.3 is 0 Å². The van der Waals surface area contributed by atoms with Gasteiger partial charge in [-0.15, -0.1) is 0 Å². The fourth-order valence-corrected chi connectivity index (χ4v) is 2.82. The van der Waals surface area contributed by atoms with Crippen molar-refractivity contribution in [3.8, 4) is 0 Å². The number of fused-ring (bicyclic) bond motifs is 1. The maximum absolute atomic E-state index is 12.4. The summed E-state index contributed by atoms with van der Waals surface area (Å²) >= 11 is 0. The van der Waals surface area contributed by atoms with Gasteiger partial charge in [-0.2, -0.15) is 5.10 Å². The van der Waals surface area contributed by atoms with Crippen molar-refractivity contribution in [1.82, 2.24) is 14.7 Å². The van der Waals surface area contributed by atoms with Crippen LogP contribution >= 0.6 is 0 Å². The largest absolute Gasteiger partial charge is 0.383 e. The van der Waals surface area contributed by atoms with Crippen molar-refractivity contribution in [2.75, 3.05) is 31.7 Å². The Bertz CT molecular complexity index is 527.